The average molecular weight is 265 g/mol. The monoisotopic (exact) mass is 265 g/mol. The normalized spacial score (nSPS) is 15.9. The summed E-state index contributed by atoms with van der Waals surface area (Å²) in [5, 5.41) is 4.28. The molecule has 1 aliphatic heterocycles. The van der Waals surface area contributed by atoms with Gasteiger partial charge in [-0.3, -0.25) is 4.98 Å². The lowest BCUT2D eigenvalue weighted by molar-refractivity contribution is -0.633. The fourth-order valence-corrected chi connectivity index (χ4v) is 3.11. The van der Waals surface area contributed by atoms with Gasteiger partial charge in [0.25, 0.3) is 5.82 Å². The Morgan fingerprint density at radius 2 is 2.30 bits per heavy atom. The lowest BCUT2D eigenvalue weighted by Crippen LogP contribution is -2.29. The molecule has 0 aliphatic carbocycles. The predicted octanol–water partition coefficient (Wildman–Crippen LogP) is 1.54. The zero-order valence-electron chi connectivity index (χ0n) is 13.5. The van der Waals surface area contributed by atoms with E-state index in [0.29, 0.717) is 17.9 Å². The fraction of sp³-hybridized carbons (Fsp3) is 0.133. The molecule has 0 fully saturated rings. The van der Waals surface area contributed by atoms with Crippen molar-refractivity contribution >= 4 is 16.6 Å². The molecule has 20 heavy (non-hydrogen) atoms. The second-order valence-corrected chi connectivity index (χ2v) is 4.99. The Morgan fingerprint density at radius 3 is 3.25 bits per heavy atom. The van der Waals surface area contributed by atoms with E-state index < -0.39 is 6.98 Å². The quantitative estimate of drug-likeness (QED) is 0.398. The van der Waals surface area contributed by atoms with Crippen LogP contribution in [0.4, 0.5) is 0 Å². The fourth-order valence-electron chi connectivity index (χ4n) is 3.11. The molecule has 0 saturated heterocycles. The van der Waals surface area contributed by atoms with Crippen LogP contribution in [0.1, 0.15) is 9.68 Å². The minimum Gasteiger partial charge on any atom is -0.264 e. The largest absolute Gasteiger partial charge is 0.292 e. The first-order valence-electron chi connectivity index (χ1n) is 7.90. The second-order valence-electron chi connectivity index (χ2n) is 4.99. The number of nitrogens with zero attached hydrogens (tertiary/aromatic N) is 5. The zero-order valence-corrected chi connectivity index (χ0v) is 10.5. The first-order chi connectivity index (χ1) is 11.1. The molecule has 5 heterocycles. The molecule has 0 radical (unpaired) electrons. The SMILES string of the molecule is [2H]C([2H])([2H])[n+]1c2n(c3cn4ncccc4c31)Cc1ccncc1-2. The first kappa shape index (κ1) is 7.79. The van der Waals surface area contributed by atoms with E-state index >= 15 is 0 Å². The van der Waals surface area contributed by atoms with Gasteiger partial charge in [-0.2, -0.15) is 5.10 Å². The van der Waals surface area contributed by atoms with Gasteiger partial charge in [0.15, 0.2) is 5.52 Å². The Labute approximate surface area is 118 Å². The highest BCUT2D eigenvalue weighted by molar-refractivity contribution is 5.91. The van der Waals surface area contributed by atoms with Crippen LogP contribution >= 0.6 is 0 Å². The van der Waals surface area contributed by atoms with Gasteiger partial charge in [-0.15, -0.1) is 0 Å². The van der Waals surface area contributed by atoms with Crippen LogP contribution in [-0.2, 0) is 13.5 Å². The lowest BCUT2D eigenvalue weighted by atomic mass is 10.2. The maximum atomic E-state index is 8.03. The third-order valence-electron chi connectivity index (χ3n) is 3.97. The summed E-state index contributed by atoms with van der Waals surface area (Å²) in [7, 11) is 0. The molecular formula is C15H12N5+. The molecule has 0 saturated carbocycles. The van der Waals surface area contributed by atoms with Gasteiger partial charge < -0.3 is 0 Å². The van der Waals surface area contributed by atoms with Gasteiger partial charge in [-0.05, 0) is 18.2 Å². The number of aromatic nitrogens is 5. The van der Waals surface area contributed by atoms with Crippen LogP contribution in [0.5, 0.6) is 0 Å². The van der Waals surface area contributed by atoms with E-state index in [4.69, 9.17) is 4.11 Å². The van der Waals surface area contributed by atoms with Crippen molar-refractivity contribution in [3.8, 4) is 11.4 Å². The van der Waals surface area contributed by atoms with Gasteiger partial charge in [0.1, 0.15) is 12.1 Å². The summed E-state index contributed by atoms with van der Waals surface area (Å²) in [6.45, 7) is -1.64. The molecule has 4 aromatic rings. The molecule has 1 aliphatic rings. The highest BCUT2D eigenvalue weighted by Crippen LogP contribution is 2.33. The highest BCUT2D eigenvalue weighted by Gasteiger charge is 2.34. The molecule has 4 aromatic heterocycles. The Hall–Kier alpha value is -2.69. The van der Waals surface area contributed by atoms with E-state index in [9.17, 15) is 0 Å². The standard InChI is InChI=1S/C15H12N5/c1-18-14-12-3-2-5-17-20(12)9-13(14)19-8-10-4-6-16-7-11(10)15(18)19/h2-7,9H,8H2,1H3/q+1/i1D3. The summed E-state index contributed by atoms with van der Waals surface area (Å²) >= 11 is 0. The van der Waals surface area contributed by atoms with E-state index in [1.165, 1.54) is 4.57 Å². The van der Waals surface area contributed by atoms with Crippen molar-refractivity contribution in [3.05, 3.63) is 48.5 Å². The zero-order chi connectivity index (χ0) is 15.8. The van der Waals surface area contributed by atoms with Gasteiger partial charge in [0.2, 0.25) is 5.52 Å². The van der Waals surface area contributed by atoms with Crippen molar-refractivity contribution in [3.63, 3.8) is 0 Å². The minimum absolute atomic E-state index is 0.643. The van der Waals surface area contributed by atoms with Crippen LogP contribution in [-0.4, -0.2) is 19.2 Å². The second kappa shape index (κ2) is 3.25. The van der Waals surface area contributed by atoms with Crippen molar-refractivity contribution < 1.29 is 8.68 Å². The number of pyridine rings is 1. The molecule has 0 N–H and O–H groups in total. The van der Waals surface area contributed by atoms with Gasteiger partial charge in [0, 0.05) is 24.2 Å². The first-order valence-corrected chi connectivity index (χ1v) is 6.40. The van der Waals surface area contributed by atoms with E-state index in [-0.39, 0.29) is 0 Å². The number of aryl methyl sites for hydroxylation is 1. The number of imidazole rings is 1. The highest BCUT2D eigenvalue weighted by atomic mass is 15.3. The van der Waals surface area contributed by atoms with E-state index in [1.54, 1.807) is 23.1 Å². The van der Waals surface area contributed by atoms with Crippen LogP contribution in [0.2, 0.25) is 0 Å². The van der Waals surface area contributed by atoms with Gasteiger partial charge in [0.05, 0.1) is 22.8 Å². The summed E-state index contributed by atoms with van der Waals surface area (Å²) in [4.78, 5) is 4.17. The number of fused-ring (bicyclic) bond motifs is 7. The van der Waals surface area contributed by atoms with Crippen LogP contribution in [0.3, 0.4) is 0 Å². The van der Waals surface area contributed by atoms with Crippen LogP contribution < -0.4 is 4.57 Å². The summed E-state index contributed by atoms with van der Waals surface area (Å²) in [6, 6.07) is 5.64. The van der Waals surface area contributed by atoms with E-state index in [2.05, 4.69) is 10.1 Å². The molecule has 96 valence electrons. The van der Waals surface area contributed by atoms with Crippen molar-refractivity contribution in [2.45, 2.75) is 6.54 Å². The average Bonchev–Trinajstić information content (AvgIpc) is 3.13. The molecule has 0 bridgehead atoms. The smallest absolute Gasteiger partial charge is 0.264 e. The van der Waals surface area contributed by atoms with Gasteiger partial charge in [-0.25, -0.2) is 13.6 Å². The van der Waals surface area contributed by atoms with E-state index in [1.807, 2.05) is 29.0 Å². The Bertz CT molecular complexity index is 1090. The summed E-state index contributed by atoms with van der Waals surface area (Å²) < 4.78 is 29.3. The van der Waals surface area contributed by atoms with Crippen molar-refractivity contribution in [2.24, 2.45) is 6.98 Å². The topological polar surface area (TPSA) is 39.0 Å². The Kier molecular flexibility index (Phi) is 1.27. The minimum atomic E-state index is -2.28. The molecular weight excluding hydrogens is 250 g/mol. The van der Waals surface area contributed by atoms with Gasteiger partial charge in [-0.1, -0.05) is 0 Å². The van der Waals surface area contributed by atoms with E-state index in [0.717, 1.165) is 22.2 Å². The molecule has 0 aromatic carbocycles. The number of hydrogen-bond acceptors (Lipinski definition) is 2. The lowest BCUT2D eigenvalue weighted by Gasteiger charge is -1.95. The summed E-state index contributed by atoms with van der Waals surface area (Å²) in [6.07, 6.45) is 7.05. The third-order valence-corrected chi connectivity index (χ3v) is 3.97. The van der Waals surface area contributed by atoms with Crippen LogP contribution in [0, 0.1) is 0 Å². The maximum Gasteiger partial charge on any atom is 0.292 e. The maximum absolute atomic E-state index is 8.03. The summed E-state index contributed by atoms with van der Waals surface area (Å²) in [5.74, 6) is 0.685. The predicted molar refractivity (Wildman–Crippen MR) is 74.2 cm³/mol. The third kappa shape index (κ3) is 1.02. The molecule has 0 atom stereocenters. The number of hydrogen-bond donors (Lipinski definition) is 0. The van der Waals surface area contributed by atoms with Crippen LogP contribution in [0.25, 0.3) is 27.9 Å². The number of rotatable bonds is 0. The summed E-state index contributed by atoms with van der Waals surface area (Å²) in [5.41, 5.74) is 4.29. The Morgan fingerprint density at radius 1 is 1.30 bits per heavy atom. The molecule has 5 heteroatoms. The van der Waals surface area contributed by atoms with Crippen molar-refractivity contribution in [1.82, 2.24) is 19.2 Å². The van der Waals surface area contributed by atoms with Crippen molar-refractivity contribution in [1.29, 1.82) is 0 Å². The molecule has 0 spiro atoms. The van der Waals surface area contributed by atoms with Gasteiger partial charge >= 0.3 is 0 Å². The Balaban J connectivity index is 2.01. The van der Waals surface area contributed by atoms with Crippen LogP contribution in [0.15, 0.2) is 43.0 Å². The molecule has 5 rings (SSSR count). The van der Waals surface area contributed by atoms with Crippen molar-refractivity contribution in [2.75, 3.05) is 0 Å². The molecule has 5 nitrogen and oxygen atoms in total. The molecule has 0 amide bonds. The molecule has 0 unspecified atom stereocenters.